The van der Waals surface area contributed by atoms with Crippen LogP contribution in [0.2, 0.25) is 0 Å². The molecule has 10 heteroatoms. The summed E-state index contributed by atoms with van der Waals surface area (Å²) in [5.74, 6) is -2.68. The number of carboxylic acids is 2. The van der Waals surface area contributed by atoms with Crippen LogP contribution in [0.1, 0.15) is 41.4 Å². The lowest BCUT2D eigenvalue weighted by Gasteiger charge is -2.06. The van der Waals surface area contributed by atoms with Crippen LogP contribution in [0.3, 0.4) is 0 Å². The summed E-state index contributed by atoms with van der Waals surface area (Å²) in [6, 6.07) is 21.4. The van der Waals surface area contributed by atoms with Crippen LogP contribution in [0, 0.1) is 0 Å². The highest BCUT2D eigenvalue weighted by atomic mass is 16.5. The Kier molecular flexibility index (Phi) is 5.77. The molecule has 2 amide bonds. The summed E-state index contributed by atoms with van der Waals surface area (Å²) in [4.78, 5) is 48.0. The number of carbonyl (C=O) groups excluding carboxylic acids is 2. The van der Waals surface area contributed by atoms with Gasteiger partial charge >= 0.3 is 11.9 Å². The molecule has 2 aromatic heterocycles. The molecule has 0 aliphatic heterocycles. The Balaban J connectivity index is 1.31. The van der Waals surface area contributed by atoms with Gasteiger partial charge in [0.1, 0.15) is 11.2 Å². The number of hydrogen-bond acceptors (Lipinski definition) is 6. The number of furan rings is 2. The molecule has 2 heterocycles. The van der Waals surface area contributed by atoms with Crippen molar-refractivity contribution in [3.8, 4) is 0 Å². The van der Waals surface area contributed by atoms with Gasteiger partial charge in [0.15, 0.2) is 0 Å². The van der Waals surface area contributed by atoms with Crippen LogP contribution in [0.15, 0.2) is 93.8 Å². The lowest BCUT2D eigenvalue weighted by molar-refractivity contribution is 0.0686. The number of amides is 2. The van der Waals surface area contributed by atoms with Crippen molar-refractivity contribution in [2.45, 2.75) is 0 Å². The minimum atomic E-state index is -1.06. The first-order chi connectivity index (χ1) is 19.3. The summed E-state index contributed by atoms with van der Waals surface area (Å²) >= 11 is 0. The summed E-state index contributed by atoms with van der Waals surface area (Å²) in [6.45, 7) is 0. The van der Waals surface area contributed by atoms with Gasteiger partial charge in [-0.05, 0) is 84.9 Å². The van der Waals surface area contributed by atoms with E-state index in [0.717, 1.165) is 0 Å². The molecular formula is C30H18N2O8. The van der Waals surface area contributed by atoms with E-state index >= 15 is 0 Å². The van der Waals surface area contributed by atoms with Gasteiger partial charge in [-0.25, -0.2) is 9.59 Å². The van der Waals surface area contributed by atoms with Gasteiger partial charge in [-0.1, -0.05) is 0 Å². The predicted molar refractivity (Wildman–Crippen MR) is 146 cm³/mol. The minimum Gasteiger partial charge on any atom is -0.478 e. The minimum absolute atomic E-state index is 0.108. The molecule has 0 aliphatic rings. The molecule has 0 bridgehead atoms. The number of rotatable bonds is 6. The maximum absolute atomic E-state index is 12.9. The van der Waals surface area contributed by atoms with Crippen molar-refractivity contribution in [2.75, 3.05) is 10.6 Å². The highest BCUT2D eigenvalue weighted by molar-refractivity contribution is 6.20. The molecule has 0 atom stereocenters. The van der Waals surface area contributed by atoms with Crippen LogP contribution >= 0.6 is 0 Å². The van der Waals surface area contributed by atoms with Crippen molar-refractivity contribution in [1.82, 2.24) is 0 Å². The first-order valence-corrected chi connectivity index (χ1v) is 11.9. The lowest BCUT2D eigenvalue weighted by Crippen LogP contribution is -2.12. The summed E-state index contributed by atoms with van der Waals surface area (Å²) in [5.41, 5.74) is 2.75. The van der Waals surface area contributed by atoms with E-state index in [-0.39, 0.29) is 16.9 Å². The quantitative estimate of drug-likeness (QED) is 0.196. The van der Waals surface area contributed by atoms with Gasteiger partial charge in [-0.15, -0.1) is 0 Å². The fourth-order valence-corrected chi connectivity index (χ4v) is 4.40. The van der Waals surface area contributed by atoms with Gasteiger partial charge in [0.05, 0.1) is 16.5 Å². The monoisotopic (exact) mass is 534 g/mol. The topological polar surface area (TPSA) is 159 Å². The summed E-state index contributed by atoms with van der Waals surface area (Å²) < 4.78 is 11.7. The first kappa shape index (κ1) is 24.4. The molecule has 6 aromatic rings. The largest absolute Gasteiger partial charge is 0.478 e. The molecule has 0 fully saturated rings. The van der Waals surface area contributed by atoms with Gasteiger partial charge in [0.2, 0.25) is 0 Å². The second kappa shape index (κ2) is 9.44. The van der Waals surface area contributed by atoms with E-state index in [1.54, 1.807) is 36.4 Å². The Morgan fingerprint density at radius 2 is 0.900 bits per heavy atom. The summed E-state index contributed by atoms with van der Waals surface area (Å²) in [7, 11) is 0. The molecule has 0 aliphatic carbocycles. The molecule has 10 nitrogen and oxygen atoms in total. The average molecular weight is 534 g/mol. The molecule has 4 aromatic carbocycles. The van der Waals surface area contributed by atoms with E-state index in [1.165, 1.54) is 48.5 Å². The number of hydrogen-bond donors (Lipinski definition) is 4. The second-order valence-corrected chi connectivity index (χ2v) is 8.96. The average Bonchev–Trinajstić information content (AvgIpc) is 3.48. The Morgan fingerprint density at radius 3 is 1.27 bits per heavy atom. The van der Waals surface area contributed by atoms with Crippen molar-refractivity contribution in [1.29, 1.82) is 0 Å². The molecule has 0 spiro atoms. The number of anilines is 2. The third-order valence-corrected chi connectivity index (χ3v) is 6.41. The maximum Gasteiger partial charge on any atom is 0.335 e. The van der Waals surface area contributed by atoms with Gasteiger partial charge in [-0.2, -0.15) is 0 Å². The van der Waals surface area contributed by atoms with Gasteiger partial charge in [0, 0.05) is 33.3 Å². The van der Waals surface area contributed by atoms with Crippen molar-refractivity contribution in [3.63, 3.8) is 0 Å². The van der Waals surface area contributed by atoms with Crippen LogP contribution in [0.5, 0.6) is 0 Å². The van der Waals surface area contributed by atoms with E-state index in [9.17, 15) is 19.2 Å². The number of fused-ring (bicyclic) bond motifs is 5. The van der Waals surface area contributed by atoms with E-state index in [0.29, 0.717) is 49.8 Å². The molecular weight excluding hydrogens is 516 g/mol. The number of carboxylic acid groups (broad SMARTS) is 2. The smallest absolute Gasteiger partial charge is 0.335 e. The van der Waals surface area contributed by atoms with Crippen LogP contribution in [-0.2, 0) is 0 Å². The molecule has 0 radical (unpaired) electrons. The Bertz CT molecular complexity index is 1840. The third-order valence-electron chi connectivity index (χ3n) is 6.41. The van der Waals surface area contributed by atoms with Gasteiger partial charge in [0.25, 0.3) is 17.6 Å². The number of nitrogens with one attached hydrogen (secondary N) is 2. The fourth-order valence-electron chi connectivity index (χ4n) is 4.40. The fraction of sp³-hybridized carbons (Fsp3) is 0. The van der Waals surface area contributed by atoms with Crippen LogP contribution < -0.4 is 10.6 Å². The van der Waals surface area contributed by atoms with Gasteiger partial charge < -0.3 is 29.7 Å². The van der Waals surface area contributed by atoms with E-state index < -0.39 is 23.8 Å². The third kappa shape index (κ3) is 4.39. The SMILES string of the molecule is O=C(O)c1ccc(NC(=O)c2ccc3oc4oc5ccc(C(=O)Nc6ccc(C(=O)O)cc6)cc5c4c3c2)cc1. The summed E-state index contributed by atoms with van der Waals surface area (Å²) in [5, 5.41) is 25.4. The molecule has 196 valence electrons. The molecule has 6 rings (SSSR count). The van der Waals surface area contributed by atoms with Crippen LogP contribution in [0.4, 0.5) is 11.4 Å². The zero-order valence-corrected chi connectivity index (χ0v) is 20.4. The molecule has 4 N–H and O–H groups in total. The Labute approximate surface area is 224 Å². The lowest BCUT2D eigenvalue weighted by atomic mass is 10.1. The second-order valence-electron chi connectivity index (χ2n) is 8.96. The molecule has 0 saturated heterocycles. The van der Waals surface area contributed by atoms with E-state index in [2.05, 4.69) is 10.6 Å². The summed E-state index contributed by atoms with van der Waals surface area (Å²) in [6.07, 6.45) is 0. The van der Waals surface area contributed by atoms with E-state index in [1.807, 2.05) is 0 Å². The number of benzene rings is 4. The predicted octanol–water partition coefficient (Wildman–Crippen LogP) is 6.23. The Hall–Kier alpha value is -5.90. The highest BCUT2D eigenvalue weighted by Gasteiger charge is 2.19. The highest BCUT2D eigenvalue weighted by Crippen LogP contribution is 2.38. The van der Waals surface area contributed by atoms with E-state index in [4.69, 9.17) is 19.0 Å². The number of carbonyl (C=O) groups is 4. The zero-order chi connectivity index (χ0) is 28.0. The van der Waals surface area contributed by atoms with Gasteiger partial charge in [-0.3, -0.25) is 9.59 Å². The van der Waals surface area contributed by atoms with Crippen molar-refractivity contribution < 1.29 is 38.2 Å². The van der Waals surface area contributed by atoms with Crippen LogP contribution in [0.25, 0.3) is 33.1 Å². The van der Waals surface area contributed by atoms with Crippen molar-refractivity contribution in [2.24, 2.45) is 0 Å². The maximum atomic E-state index is 12.9. The van der Waals surface area contributed by atoms with Crippen molar-refractivity contribution in [3.05, 3.63) is 107 Å². The first-order valence-electron chi connectivity index (χ1n) is 11.9. The molecule has 0 saturated carbocycles. The van der Waals surface area contributed by atoms with Crippen molar-refractivity contribution >= 4 is 68.2 Å². The Morgan fingerprint density at radius 1 is 0.525 bits per heavy atom. The zero-order valence-electron chi connectivity index (χ0n) is 20.4. The van der Waals surface area contributed by atoms with Crippen LogP contribution in [-0.4, -0.2) is 34.0 Å². The molecule has 0 unspecified atom stereocenters. The molecule has 40 heavy (non-hydrogen) atoms. The normalized spacial score (nSPS) is 11.1. The number of aromatic carboxylic acids is 2. The standard InChI is InChI=1S/C30H18N2O8/c33-26(31-19-7-1-15(2-8-19)28(35)36)17-5-11-23-21(13-17)25-22-14-18(6-12-24(22)40-30(25)39-23)27(34)32-20-9-3-16(4-10-20)29(37)38/h1-14H,(H,31,33)(H,32,34)(H,35,36)(H,37,38).